The predicted molar refractivity (Wildman–Crippen MR) is 272 cm³/mol. The van der Waals surface area contributed by atoms with Gasteiger partial charge in [0.05, 0.1) is 34.4 Å². The number of carboxylic acids is 1. The van der Waals surface area contributed by atoms with Crippen LogP contribution in [0.3, 0.4) is 0 Å². The van der Waals surface area contributed by atoms with Gasteiger partial charge in [-0.2, -0.15) is 0 Å². The summed E-state index contributed by atoms with van der Waals surface area (Å²) in [5, 5.41) is 9.66. The number of quaternary nitrogens is 1. The van der Waals surface area contributed by atoms with Crippen molar-refractivity contribution in [3.63, 3.8) is 0 Å². The Balaban J connectivity index is 4.16. The van der Waals surface area contributed by atoms with Crippen molar-refractivity contribution in [2.75, 3.05) is 47.5 Å². The van der Waals surface area contributed by atoms with Crippen molar-refractivity contribution in [1.82, 2.24) is 0 Å². The molecular formula is C56H104NO8+. The SMILES string of the molecule is CCC/C=C\C/C=C\CCCCCCCC(=O)OC(COC(=O)CCCCCCCCCCCCCCCCC/C=C\CCCCCCCCCC)COC(OCC[N+](C)(C)C)C(=O)O. The number of ether oxygens (including phenoxy) is 4. The van der Waals surface area contributed by atoms with Gasteiger partial charge in [-0.15, -0.1) is 0 Å². The van der Waals surface area contributed by atoms with Gasteiger partial charge in [0.1, 0.15) is 13.2 Å². The molecule has 65 heavy (non-hydrogen) atoms. The van der Waals surface area contributed by atoms with Crippen molar-refractivity contribution >= 4 is 17.9 Å². The zero-order valence-electron chi connectivity index (χ0n) is 43.2. The van der Waals surface area contributed by atoms with Crippen LogP contribution in [0, 0.1) is 0 Å². The molecular weight excluding hydrogens is 815 g/mol. The molecule has 0 aromatic rings. The van der Waals surface area contributed by atoms with Gasteiger partial charge in [-0.3, -0.25) is 9.59 Å². The summed E-state index contributed by atoms with van der Waals surface area (Å²) in [5.41, 5.74) is 0. The molecule has 0 saturated carbocycles. The second-order valence-electron chi connectivity index (χ2n) is 19.5. The highest BCUT2D eigenvalue weighted by atomic mass is 16.7. The van der Waals surface area contributed by atoms with Crippen molar-refractivity contribution in [2.45, 2.75) is 257 Å². The molecule has 0 spiro atoms. The number of likely N-dealkylation sites (N-methyl/N-ethyl adjacent to an activating group) is 1. The number of carboxylic acid groups (broad SMARTS) is 1. The number of esters is 2. The van der Waals surface area contributed by atoms with E-state index >= 15 is 0 Å². The molecule has 0 saturated heterocycles. The highest BCUT2D eigenvalue weighted by Crippen LogP contribution is 2.16. The average Bonchev–Trinajstić information content (AvgIpc) is 3.27. The lowest BCUT2D eigenvalue weighted by Gasteiger charge is -2.25. The van der Waals surface area contributed by atoms with Crippen molar-refractivity contribution in [2.24, 2.45) is 0 Å². The Morgan fingerprint density at radius 1 is 0.462 bits per heavy atom. The molecule has 0 aliphatic rings. The Bertz CT molecular complexity index is 1160. The third kappa shape index (κ3) is 49.2. The minimum Gasteiger partial charge on any atom is -0.477 e. The van der Waals surface area contributed by atoms with Gasteiger partial charge in [-0.05, 0) is 64.2 Å². The summed E-state index contributed by atoms with van der Waals surface area (Å²) in [4.78, 5) is 37.2. The monoisotopic (exact) mass is 919 g/mol. The predicted octanol–water partition coefficient (Wildman–Crippen LogP) is 15.3. The summed E-state index contributed by atoms with van der Waals surface area (Å²) >= 11 is 0. The Kier molecular flexibility index (Phi) is 46.1. The van der Waals surface area contributed by atoms with E-state index in [2.05, 4.69) is 50.3 Å². The molecule has 0 amide bonds. The first kappa shape index (κ1) is 62.5. The molecule has 0 aromatic heterocycles. The lowest BCUT2D eigenvalue weighted by molar-refractivity contribution is -0.870. The summed E-state index contributed by atoms with van der Waals surface area (Å²) < 4.78 is 22.8. The second kappa shape index (κ2) is 48.0. The van der Waals surface area contributed by atoms with Crippen molar-refractivity contribution in [3.05, 3.63) is 36.5 Å². The first-order chi connectivity index (χ1) is 31.6. The maximum Gasteiger partial charge on any atom is 0.361 e. The first-order valence-corrected chi connectivity index (χ1v) is 27.2. The van der Waals surface area contributed by atoms with Crippen molar-refractivity contribution < 1.29 is 42.9 Å². The maximum absolute atomic E-state index is 12.8. The summed E-state index contributed by atoms with van der Waals surface area (Å²) in [5.74, 6) is -2.02. The quantitative estimate of drug-likeness (QED) is 0.0211. The first-order valence-electron chi connectivity index (χ1n) is 27.2. The van der Waals surface area contributed by atoms with Crippen molar-refractivity contribution in [1.29, 1.82) is 0 Å². The molecule has 0 aliphatic heterocycles. The summed E-state index contributed by atoms with van der Waals surface area (Å²) in [6, 6.07) is 0. The fourth-order valence-corrected chi connectivity index (χ4v) is 7.63. The number of allylic oxidation sites excluding steroid dienone is 6. The van der Waals surface area contributed by atoms with Gasteiger partial charge in [-0.25, -0.2) is 4.79 Å². The minimum absolute atomic E-state index is 0.185. The molecule has 0 heterocycles. The largest absolute Gasteiger partial charge is 0.477 e. The van der Waals surface area contributed by atoms with Crippen LogP contribution in [-0.4, -0.2) is 87.4 Å². The molecule has 0 aromatic carbocycles. The normalized spacial score (nSPS) is 13.1. The van der Waals surface area contributed by atoms with E-state index in [0.717, 1.165) is 64.2 Å². The van der Waals surface area contributed by atoms with Gasteiger partial charge in [0.15, 0.2) is 6.10 Å². The average molecular weight is 919 g/mol. The number of carbonyl (C=O) groups is 3. The number of hydrogen-bond donors (Lipinski definition) is 1. The van der Waals surface area contributed by atoms with Crippen LogP contribution in [-0.2, 0) is 33.3 Å². The number of nitrogens with zero attached hydrogens (tertiary/aromatic N) is 1. The van der Waals surface area contributed by atoms with E-state index in [0.29, 0.717) is 23.9 Å². The van der Waals surface area contributed by atoms with Gasteiger partial charge < -0.3 is 28.5 Å². The van der Waals surface area contributed by atoms with Crippen LogP contribution in [0.25, 0.3) is 0 Å². The van der Waals surface area contributed by atoms with Gasteiger partial charge in [0.25, 0.3) is 6.29 Å². The lowest BCUT2D eigenvalue weighted by atomic mass is 10.0. The zero-order chi connectivity index (χ0) is 47.7. The third-order valence-electron chi connectivity index (χ3n) is 11.9. The fraction of sp³-hybridized carbons (Fsp3) is 0.839. The highest BCUT2D eigenvalue weighted by molar-refractivity contribution is 5.71. The molecule has 0 aliphatic carbocycles. The minimum atomic E-state index is -1.51. The van der Waals surface area contributed by atoms with Crippen LogP contribution in [0.1, 0.15) is 245 Å². The summed E-state index contributed by atoms with van der Waals surface area (Å²) in [6.45, 7) is 4.81. The van der Waals surface area contributed by atoms with Crippen LogP contribution in [0.15, 0.2) is 36.5 Å². The Morgan fingerprint density at radius 2 is 0.862 bits per heavy atom. The molecule has 0 rings (SSSR count). The Labute approximate surface area is 400 Å². The fourth-order valence-electron chi connectivity index (χ4n) is 7.63. The van der Waals surface area contributed by atoms with Crippen LogP contribution >= 0.6 is 0 Å². The molecule has 0 radical (unpaired) electrons. The lowest BCUT2D eigenvalue weighted by Crippen LogP contribution is -2.40. The van der Waals surface area contributed by atoms with E-state index in [9.17, 15) is 19.5 Å². The number of unbranched alkanes of at least 4 members (excludes halogenated alkanes) is 29. The molecule has 0 bridgehead atoms. The molecule has 9 heteroatoms. The summed E-state index contributed by atoms with van der Waals surface area (Å²) in [6.07, 6.45) is 53.7. The molecule has 2 unspecified atom stereocenters. The van der Waals surface area contributed by atoms with E-state index in [1.54, 1.807) is 0 Å². The van der Waals surface area contributed by atoms with Gasteiger partial charge in [0, 0.05) is 12.8 Å². The third-order valence-corrected chi connectivity index (χ3v) is 11.9. The molecule has 1 N–H and O–H groups in total. The Morgan fingerprint density at radius 3 is 1.29 bits per heavy atom. The molecule has 0 fully saturated rings. The summed E-state index contributed by atoms with van der Waals surface area (Å²) in [7, 11) is 5.96. The Hall–Kier alpha value is -2.49. The number of carbonyl (C=O) groups excluding carboxylic acids is 2. The van der Waals surface area contributed by atoms with E-state index in [4.69, 9.17) is 18.9 Å². The van der Waals surface area contributed by atoms with Crippen LogP contribution in [0.5, 0.6) is 0 Å². The topological polar surface area (TPSA) is 108 Å². The van der Waals surface area contributed by atoms with Gasteiger partial charge in [-0.1, -0.05) is 204 Å². The number of rotatable bonds is 50. The van der Waals surface area contributed by atoms with E-state index in [-0.39, 0.29) is 32.2 Å². The molecule has 9 nitrogen and oxygen atoms in total. The second-order valence-corrected chi connectivity index (χ2v) is 19.5. The van der Waals surface area contributed by atoms with E-state index in [1.165, 1.54) is 148 Å². The van der Waals surface area contributed by atoms with Gasteiger partial charge in [0.2, 0.25) is 0 Å². The van der Waals surface area contributed by atoms with Crippen LogP contribution < -0.4 is 0 Å². The molecule has 380 valence electrons. The zero-order valence-corrected chi connectivity index (χ0v) is 43.2. The van der Waals surface area contributed by atoms with E-state index in [1.807, 2.05) is 21.1 Å². The molecule has 2 atom stereocenters. The van der Waals surface area contributed by atoms with E-state index < -0.39 is 24.3 Å². The van der Waals surface area contributed by atoms with Crippen LogP contribution in [0.2, 0.25) is 0 Å². The standard InChI is InChI=1S/C56H103NO8/c1-6-8-10-12-14-16-18-20-21-22-23-24-25-26-27-28-29-30-31-32-33-35-36-38-40-42-44-46-53(58)63-50-52(51-64-56(55(60)61)62-49-48-57(3,4)5)65-54(59)47-45-43-41-39-37-34-19-17-15-13-11-9-7-2/h11,13,17,19,22-23,52,56H,6-10,12,14-16,18,20-21,24-51H2,1-5H3/p+1/b13-11-,19-17-,23-22-. The number of aliphatic carboxylic acids is 1. The van der Waals surface area contributed by atoms with Crippen molar-refractivity contribution in [3.8, 4) is 0 Å². The van der Waals surface area contributed by atoms with Gasteiger partial charge >= 0.3 is 17.9 Å². The van der Waals surface area contributed by atoms with Crippen LogP contribution in [0.4, 0.5) is 0 Å². The number of hydrogen-bond acceptors (Lipinski definition) is 7. The maximum atomic E-state index is 12.8. The highest BCUT2D eigenvalue weighted by Gasteiger charge is 2.25. The smallest absolute Gasteiger partial charge is 0.361 e.